The van der Waals surface area contributed by atoms with E-state index >= 15 is 0 Å². The van der Waals surface area contributed by atoms with Gasteiger partial charge >= 0.3 is 0 Å². The zero-order chi connectivity index (χ0) is 28.4. The Hall–Kier alpha value is -3.31. The lowest BCUT2D eigenvalue weighted by Crippen LogP contribution is -2.34. The van der Waals surface area contributed by atoms with Crippen molar-refractivity contribution in [2.45, 2.75) is 50.7 Å². The van der Waals surface area contributed by atoms with Gasteiger partial charge in [-0.25, -0.2) is 13.1 Å². The van der Waals surface area contributed by atoms with Crippen molar-refractivity contribution in [1.82, 2.24) is 15.0 Å². The molecule has 0 aliphatic heterocycles. The molecule has 1 fully saturated rings. The van der Waals surface area contributed by atoms with Crippen LogP contribution in [0, 0.1) is 0 Å². The van der Waals surface area contributed by atoms with Gasteiger partial charge < -0.3 is 20.3 Å². The minimum Gasteiger partial charge on any atom is -0.490 e. The monoisotopic (exact) mass is 567 g/mol. The standard InChI is InChI=1S/C30H37N3O6S/c34-17-18-40(37,38)33-30(36)27-13-12-24(19-29(27)39-26-6-2-1-3-7-26)23-10-8-22(9-11-23)14-16-32-21-28(35)25-5-4-15-31-20-25/h4-5,8-13,15,19-20,26,28,32,34-35H,1-3,6-7,14,16-18,21H2,(H,33,36)/t28-/m1/s1. The topological polar surface area (TPSA) is 138 Å². The van der Waals surface area contributed by atoms with Crippen LogP contribution in [0.1, 0.15) is 59.7 Å². The number of carbonyl (C=O) groups excluding carboxylic acids is 1. The second-order valence-electron chi connectivity index (χ2n) is 10.0. The number of carbonyl (C=O) groups is 1. The van der Waals surface area contributed by atoms with Gasteiger partial charge in [-0.05, 0) is 73.5 Å². The number of aliphatic hydroxyl groups is 2. The number of rotatable bonds is 13. The second-order valence-corrected chi connectivity index (χ2v) is 11.9. The summed E-state index contributed by atoms with van der Waals surface area (Å²) in [4.78, 5) is 16.9. The number of nitrogens with one attached hydrogen (secondary N) is 2. The Kier molecular flexibility index (Phi) is 10.7. The Morgan fingerprint density at radius 1 is 1.05 bits per heavy atom. The molecule has 0 bridgehead atoms. The molecule has 2 aromatic carbocycles. The summed E-state index contributed by atoms with van der Waals surface area (Å²) in [5.74, 6) is -0.980. The number of hydrogen-bond acceptors (Lipinski definition) is 8. The van der Waals surface area contributed by atoms with Crippen LogP contribution >= 0.6 is 0 Å². The lowest BCUT2D eigenvalue weighted by molar-refractivity contribution is 0.0969. The molecule has 4 N–H and O–H groups in total. The molecule has 9 nitrogen and oxygen atoms in total. The molecular formula is C30H37N3O6S. The van der Waals surface area contributed by atoms with Crippen molar-refractivity contribution < 1.29 is 28.2 Å². The van der Waals surface area contributed by atoms with Crippen LogP contribution in [0.2, 0.25) is 0 Å². The lowest BCUT2D eigenvalue weighted by atomic mass is 9.97. The molecule has 1 aliphatic carbocycles. The van der Waals surface area contributed by atoms with Gasteiger partial charge in [0.2, 0.25) is 10.0 Å². The Morgan fingerprint density at radius 3 is 2.50 bits per heavy atom. The number of sulfonamides is 1. The van der Waals surface area contributed by atoms with Crippen molar-refractivity contribution in [1.29, 1.82) is 0 Å². The number of ether oxygens (including phenoxy) is 1. The van der Waals surface area contributed by atoms with Crippen LogP contribution in [0.15, 0.2) is 67.0 Å². The highest BCUT2D eigenvalue weighted by Gasteiger charge is 2.23. The third-order valence-corrected chi connectivity index (χ3v) is 8.18. The Labute approximate surface area is 235 Å². The summed E-state index contributed by atoms with van der Waals surface area (Å²) in [5.41, 5.74) is 3.85. The molecule has 4 rings (SSSR count). The number of amides is 1. The fraction of sp³-hybridized carbons (Fsp3) is 0.400. The molecule has 1 aliphatic rings. The highest BCUT2D eigenvalue weighted by Crippen LogP contribution is 2.31. The van der Waals surface area contributed by atoms with E-state index in [9.17, 15) is 18.3 Å². The first-order chi connectivity index (χ1) is 19.3. The molecule has 0 unspecified atom stereocenters. The van der Waals surface area contributed by atoms with Crippen LogP contribution in [0.25, 0.3) is 11.1 Å². The summed E-state index contributed by atoms with van der Waals surface area (Å²) in [6, 6.07) is 16.9. The summed E-state index contributed by atoms with van der Waals surface area (Å²) in [5, 5.41) is 22.5. The quantitative estimate of drug-likeness (QED) is 0.231. The first kappa shape index (κ1) is 29.7. The summed E-state index contributed by atoms with van der Waals surface area (Å²) in [6.45, 7) is 0.570. The SMILES string of the molecule is O=C(NS(=O)(=O)CCO)c1ccc(-c2ccc(CCNC[C@@H](O)c3cccnc3)cc2)cc1OC1CCCCC1. The van der Waals surface area contributed by atoms with Crippen molar-refractivity contribution in [2.75, 3.05) is 25.4 Å². The number of benzene rings is 2. The maximum atomic E-state index is 12.9. The van der Waals surface area contributed by atoms with Crippen LogP contribution in [-0.2, 0) is 16.4 Å². The lowest BCUT2D eigenvalue weighted by Gasteiger charge is -2.24. The van der Waals surface area contributed by atoms with Gasteiger partial charge in [0.25, 0.3) is 5.91 Å². The van der Waals surface area contributed by atoms with Gasteiger partial charge in [0.1, 0.15) is 5.75 Å². The molecule has 10 heteroatoms. The molecular weight excluding hydrogens is 530 g/mol. The molecule has 0 spiro atoms. The number of pyridine rings is 1. The van der Waals surface area contributed by atoms with Crippen molar-refractivity contribution in [3.05, 3.63) is 83.7 Å². The molecule has 214 valence electrons. The van der Waals surface area contributed by atoms with E-state index in [4.69, 9.17) is 9.84 Å². The molecule has 0 saturated heterocycles. The average molecular weight is 568 g/mol. The van der Waals surface area contributed by atoms with E-state index in [0.717, 1.165) is 60.8 Å². The average Bonchev–Trinajstić information content (AvgIpc) is 2.96. The van der Waals surface area contributed by atoms with E-state index in [0.29, 0.717) is 18.8 Å². The van der Waals surface area contributed by atoms with Gasteiger partial charge in [-0.1, -0.05) is 42.8 Å². The predicted molar refractivity (Wildman–Crippen MR) is 153 cm³/mol. The van der Waals surface area contributed by atoms with Crippen LogP contribution < -0.4 is 14.8 Å². The zero-order valence-corrected chi connectivity index (χ0v) is 23.3. The number of nitrogens with zero attached hydrogens (tertiary/aromatic N) is 1. The van der Waals surface area contributed by atoms with Crippen LogP contribution in [-0.4, -0.2) is 61.1 Å². The van der Waals surface area contributed by atoms with Crippen LogP contribution in [0.5, 0.6) is 5.75 Å². The van der Waals surface area contributed by atoms with Crippen LogP contribution in [0.3, 0.4) is 0 Å². The van der Waals surface area contributed by atoms with Gasteiger partial charge in [0, 0.05) is 24.5 Å². The van der Waals surface area contributed by atoms with Crippen molar-refractivity contribution in [2.24, 2.45) is 0 Å². The van der Waals surface area contributed by atoms with E-state index in [2.05, 4.69) is 10.3 Å². The molecule has 0 radical (unpaired) electrons. The van der Waals surface area contributed by atoms with E-state index in [1.165, 1.54) is 0 Å². The molecule has 1 amide bonds. The normalized spacial score (nSPS) is 14.9. The van der Waals surface area contributed by atoms with Gasteiger partial charge in [-0.2, -0.15) is 0 Å². The minimum atomic E-state index is -3.95. The van der Waals surface area contributed by atoms with E-state index in [-0.39, 0.29) is 11.7 Å². The molecule has 1 saturated carbocycles. The highest BCUT2D eigenvalue weighted by atomic mass is 32.2. The maximum Gasteiger partial charge on any atom is 0.268 e. The smallest absolute Gasteiger partial charge is 0.268 e. The maximum absolute atomic E-state index is 12.9. The van der Waals surface area contributed by atoms with Crippen LogP contribution in [0.4, 0.5) is 0 Å². The van der Waals surface area contributed by atoms with E-state index in [1.807, 2.05) is 35.1 Å². The number of hydrogen-bond donors (Lipinski definition) is 4. The zero-order valence-electron chi connectivity index (χ0n) is 22.5. The Balaban J connectivity index is 1.42. The fourth-order valence-corrected chi connectivity index (χ4v) is 5.48. The summed E-state index contributed by atoms with van der Waals surface area (Å²) < 4.78 is 32.4. The molecule has 40 heavy (non-hydrogen) atoms. The van der Waals surface area contributed by atoms with Gasteiger partial charge in [0.05, 0.1) is 30.1 Å². The number of aromatic nitrogens is 1. The van der Waals surface area contributed by atoms with Crippen molar-refractivity contribution >= 4 is 15.9 Å². The van der Waals surface area contributed by atoms with Gasteiger partial charge in [-0.15, -0.1) is 0 Å². The number of aliphatic hydroxyl groups excluding tert-OH is 2. The molecule has 1 aromatic heterocycles. The predicted octanol–water partition coefficient (Wildman–Crippen LogP) is 3.38. The third kappa shape index (κ3) is 8.59. The highest BCUT2D eigenvalue weighted by molar-refractivity contribution is 7.90. The van der Waals surface area contributed by atoms with Gasteiger partial charge in [0.15, 0.2) is 0 Å². The fourth-order valence-electron chi connectivity index (χ4n) is 4.74. The molecule has 1 heterocycles. The van der Waals surface area contributed by atoms with E-state index < -0.39 is 34.4 Å². The Morgan fingerprint density at radius 2 is 1.80 bits per heavy atom. The summed E-state index contributed by atoms with van der Waals surface area (Å²) in [7, 11) is -3.95. The minimum absolute atomic E-state index is 0.0313. The largest absolute Gasteiger partial charge is 0.490 e. The van der Waals surface area contributed by atoms with Crippen molar-refractivity contribution in [3.63, 3.8) is 0 Å². The van der Waals surface area contributed by atoms with E-state index in [1.54, 1.807) is 36.7 Å². The molecule has 1 atom stereocenters. The molecule has 3 aromatic rings. The van der Waals surface area contributed by atoms with Crippen molar-refractivity contribution in [3.8, 4) is 16.9 Å². The Bertz CT molecular complexity index is 1340. The second kappa shape index (κ2) is 14.4. The first-order valence-electron chi connectivity index (χ1n) is 13.7. The summed E-state index contributed by atoms with van der Waals surface area (Å²) in [6.07, 6.45) is 8.51. The third-order valence-electron chi connectivity index (χ3n) is 6.96. The first-order valence-corrected chi connectivity index (χ1v) is 15.3. The van der Waals surface area contributed by atoms with Gasteiger partial charge in [-0.3, -0.25) is 9.78 Å². The summed E-state index contributed by atoms with van der Waals surface area (Å²) >= 11 is 0.